The van der Waals surface area contributed by atoms with E-state index < -0.39 is 0 Å². The Kier molecular flexibility index (Phi) is 3.05. The SMILES string of the molecule is CN(Cc1ncc(C2CC2)o1)C1CN(c2ccc3nncn3n2)C1. The van der Waals surface area contributed by atoms with Crippen molar-refractivity contribution in [3.8, 4) is 0 Å². The van der Waals surface area contributed by atoms with Crippen LogP contribution in [-0.4, -0.2) is 55.9 Å². The van der Waals surface area contributed by atoms with E-state index in [-0.39, 0.29) is 0 Å². The lowest BCUT2D eigenvalue weighted by atomic mass is 10.1. The Morgan fingerprint density at radius 1 is 1.29 bits per heavy atom. The first-order chi connectivity index (χ1) is 11.8. The van der Waals surface area contributed by atoms with Crippen LogP contribution in [0, 0.1) is 0 Å². The molecule has 5 rings (SSSR count). The fraction of sp³-hybridized carbons (Fsp3) is 0.500. The first-order valence-corrected chi connectivity index (χ1v) is 8.33. The summed E-state index contributed by atoms with van der Waals surface area (Å²) >= 11 is 0. The molecule has 0 bridgehead atoms. The van der Waals surface area contributed by atoms with Gasteiger partial charge in [0, 0.05) is 25.0 Å². The summed E-state index contributed by atoms with van der Waals surface area (Å²) in [6.07, 6.45) is 6.01. The van der Waals surface area contributed by atoms with E-state index in [2.05, 4.69) is 37.1 Å². The van der Waals surface area contributed by atoms with Crippen molar-refractivity contribution in [3.05, 3.63) is 36.3 Å². The summed E-state index contributed by atoms with van der Waals surface area (Å²) in [5.74, 6) is 3.45. The zero-order valence-corrected chi connectivity index (χ0v) is 13.5. The lowest BCUT2D eigenvalue weighted by Crippen LogP contribution is -2.58. The summed E-state index contributed by atoms with van der Waals surface area (Å²) in [6, 6.07) is 4.43. The van der Waals surface area contributed by atoms with Crippen LogP contribution in [0.5, 0.6) is 0 Å². The molecular weight excluding hydrogens is 306 g/mol. The lowest BCUT2D eigenvalue weighted by Gasteiger charge is -2.44. The molecule has 1 saturated carbocycles. The van der Waals surface area contributed by atoms with Gasteiger partial charge in [-0.1, -0.05) is 0 Å². The maximum atomic E-state index is 5.85. The molecule has 2 fully saturated rings. The zero-order chi connectivity index (χ0) is 16.1. The first-order valence-electron chi connectivity index (χ1n) is 8.33. The second-order valence-electron chi connectivity index (χ2n) is 6.73. The molecule has 8 heteroatoms. The van der Waals surface area contributed by atoms with E-state index in [0.29, 0.717) is 12.0 Å². The smallest absolute Gasteiger partial charge is 0.208 e. The van der Waals surface area contributed by atoms with Gasteiger partial charge in [-0.3, -0.25) is 4.90 Å². The fourth-order valence-corrected chi connectivity index (χ4v) is 3.10. The van der Waals surface area contributed by atoms with Crippen molar-refractivity contribution in [2.75, 3.05) is 25.0 Å². The zero-order valence-electron chi connectivity index (χ0n) is 13.5. The lowest BCUT2D eigenvalue weighted by molar-refractivity contribution is 0.179. The molecule has 1 aliphatic carbocycles. The molecule has 0 aromatic carbocycles. The van der Waals surface area contributed by atoms with Crippen molar-refractivity contribution in [2.45, 2.75) is 31.3 Å². The van der Waals surface area contributed by atoms with Crippen LogP contribution in [0.1, 0.15) is 30.4 Å². The normalized spacial score (nSPS) is 18.5. The maximum Gasteiger partial charge on any atom is 0.208 e. The molecule has 1 aliphatic heterocycles. The Labute approximate surface area is 139 Å². The summed E-state index contributed by atoms with van der Waals surface area (Å²) in [4.78, 5) is 8.97. The number of likely N-dealkylation sites (N-methyl/N-ethyl adjacent to an activating group) is 1. The molecule has 4 heterocycles. The Morgan fingerprint density at radius 3 is 3.00 bits per heavy atom. The number of rotatable bonds is 5. The van der Waals surface area contributed by atoms with Crippen molar-refractivity contribution in [1.29, 1.82) is 0 Å². The largest absolute Gasteiger partial charge is 0.444 e. The van der Waals surface area contributed by atoms with Gasteiger partial charge in [-0.25, -0.2) is 4.98 Å². The molecule has 3 aromatic rings. The third-order valence-corrected chi connectivity index (χ3v) is 4.89. The van der Waals surface area contributed by atoms with Gasteiger partial charge in [-0.2, -0.15) is 4.52 Å². The van der Waals surface area contributed by atoms with Crippen LogP contribution in [0.15, 0.2) is 29.1 Å². The van der Waals surface area contributed by atoms with E-state index in [9.17, 15) is 0 Å². The topological polar surface area (TPSA) is 75.6 Å². The van der Waals surface area contributed by atoms with Crippen molar-refractivity contribution in [1.82, 2.24) is 29.7 Å². The third kappa shape index (κ3) is 2.43. The van der Waals surface area contributed by atoms with Gasteiger partial charge in [-0.05, 0) is 32.0 Å². The first kappa shape index (κ1) is 13.9. The molecule has 124 valence electrons. The van der Waals surface area contributed by atoms with Crippen LogP contribution in [0.25, 0.3) is 5.65 Å². The van der Waals surface area contributed by atoms with Gasteiger partial charge in [-0.15, -0.1) is 15.3 Å². The molecule has 24 heavy (non-hydrogen) atoms. The van der Waals surface area contributed by atoms with E-state index in [1.54, 1.807) is 10.8 Å². The maximum absolute atomic E-state index is 5.85. The fourth-order valence-electron chi connectivity index (χ4n) is 3.10. The third-order valence-electron chi connectivity index (χ3n) is 4.89. The van der Waals surface area contributed by atoms with Crippen molar-refractivity contribution >= 4 is 11.5 Å². The minimum Gasteiger partial charge on any atom is -0.444 e. The molecular formula is C16H19N7O. The van der Waals surface area contributed by atoms with Crippen LogP contribution >= 0.6 is 0 Å². The summed E-state index contributed by atoms with van der Waals surface area (Å²) in [5.41, 5.74) is 0.767. The minimum atomic E-state index is 0.486. The molecule has 8 nitrogen and oxygen atoms in total. The van der Waals surface area contributed by atoms with Crippen LogP contribution in [0.4, 0.5) is 5.82 Å². The Balaban J connectivity index is 1.20. The highest BCUT2D eigenvalue weighted by molar-refractivity contribution is 5.47. The van der Waals surface area contributed by atoms with Gasteiger partial charge < -0.3 is 9.32 Å². The average molecular weight is 325 g/mol. The standard InChI is InChI=1S/C16H19N7O/c1-21(9-16-17-6-13(24-16)11-2-3-11)12-7-22(8-12)15-5-4-14-19-18-10-23(14)20-15/h4-6,10-12H,2-3,7-9H2,1H3. The number of fused-ring (bicyclic) bond motifs is 1. The summed E-state index contributed by atoms with van der Waals surface area (Å²) < 4.78 is 7.56. The quantitative estimate of drug-likeness (QED) is 0.700. The summed E-state index contributed by atoms with van der Waals surface area (Å²) in [7, 11) is 2.12. The highest BCUT2D eigenvalue weighted by Crippen LogP contribution is 2.40. The van der Waals surface area contributed by atoms with Gasteiger partial charge in [0.15, 0.2) is 5.65 Å². The molecule has 2 aliphatic rings. The molecule has 0 N–H and O–H groups in total. The number of hydrogen-bond acceptors (Lipinski definition) is 7. The Bertz CT molecular complexity index is 862. The van der Waals surface area contributed by atoms with Gasteiger partial charge in [0.1, 0.15) is 17.9 Å². The average Bonchev–Trinajstić information content (AvgIpc) is 3.09. The molecule has 0 atom stereocenters. The highest BCUT2D eigenvalue weighted by atomic mass is 16.4. The number of hydrogen-bond donors (Lipinski definition) is 0. The van der Waals surface area contributed by atoms with E-state index in [0.717, 1.165) is 42.8 Å². The molecule has 0 unspecified atom stereocenters. The van der Waals surface area contributed by atoms with Gasteiger partial charge in [0.25, 0.3) is 0 Å². The predicted molar refractivity (Wildman–Crippen MR) is 86.7 cm³/mol. The van der Waals surface area contributed by atoms with E-state index in [1.807, 2.05) is 18.3 Å². The van der Waals surface area contributed by atoms with Crippen LogP contribution in [-0.2, 0) is 6.54 Å². The summed E-state index contributed by atoms with van der Waals surface area (Å²) in [6.45, 7) is 2.66. The number of anilines is 1. The second-order valence-corrected chi connectivity index (χ2v) is 6.73. The number of nitrogens with zero attached hydrogens (tertiary/aromatic N) is 7. The second kappa shape index (κ2) is 5.27. The highest BCUT2D eigenvalue weighted by Gasteiger charge is 2.32. The van der Waals surface area contributed by atoms with Crippen molar-refractivity contribution < 1.29 is 4.42 Å². The van der Waals surface area contributed by atoms with Gasteiger partial charge in [0.05, 0.1) is 12.7 Å². The summed E-state index contributed by atoms with van der Waals surface area (Å²) in [5, 5.41) is 12.4. The number of oxazole rings is 1. The predicted octanol–water partition coefficient (Wildman–Crippen LogP) is 1.31. The van der Waals surface area contributed by atoms with E-state index in [1.165, 1.54) is 12.8 Å². The molecule has 0 spiro atoms. The van der Waals surface area contributed by atoms with Gasteiger partial charge in [0.2, 0.25) is 5.89 Å². The van der Waals surface area contributed by atoms with Crippen molar-refractivity contribution in [3.63, 3.8) is 0 Å². The molecule has 1 saturated heterocycles. The molecule has 0 amide bonds. The van der Waals surface area contributed by atoms with Crippen LogP contribution < -0.4 is 4.90 Å². The monoisotopic (exact) mass is 325 g/mol. The Morgan fingerprint density at radius 2 is 2.17 bits per heavy atom. The van der Waals surface area contributed by atoms with E-state index >= 15 is 0 Å². The minimum absolute atomic E-state index is 0.486. The van der Waals surface area contributed by atoms with Gasteiger partial charge >= 0.3 is 0 Å². The Hall–Kier alpha value is -2.48. The number of aromatic nitrogens is 5. The molecule has 0 radical (unpaired) electrons. The van der Waals surface area contributed by atoms with Crippen molar-refractivity contribution in [2.24, 2.45) is 0 Å². The van der Waals surface area contributed by atoms with Crippen LogP contribution in [0.3, 0.4) is 0 Å². The van der Waals surface area contributed by atoms with Crippen LogP contribution in [0.2, 0.25) is 0 Å². The van der Waals surface area contributed by atoms with E-state index in [4.69, 9.17) is 4.42 Å². The molecule has 3 aromatic heterocycles.